The quantitative estimate of drug-likeness (QED) is 0.649. The Morgan fingerprint density at radius 2 is 2.50 bits per heavy atom. The molecule has 2 rings (SSSR count). The molecule has 0 amide bonds. The predicted octanol–water partition coefficient (Wildman–Crippen LogP) is 1.14. The molecule has 12 heavy (non-hydrogen) atoms. The molecule has 0 radical (unpaired) electrons. The average Bonchev–Trinajstić information content (AvgIpc) is 2.75. The lowest BCUT2D eigenvalue weighted by Crippen LogP contribution is -1.83. The van der Waals surface area contributed by atoms with Crippen molar-refractivity contribution in [3.8, 4) is 5.00 Å². The van der Waals surface area contributed by atoms with Crippen molar-refractivity contribution in [3.63, 3.8) is 0 Å². The maximum atomic E-state index is 10.3. The molecule has 0 saturated heterocycles. The van der Waals surface area contributed by atoms with Gasteiger partial charge >= 0.3 is 0 Å². The van der Waals surface area contributed by atoms with E-state index in [0.29, 0.717) is 5.69 Å². The summed E-state index contributed by atoms with van der Waals surface area (Å²) in [5.74, 6) is 0. The van der Waals surface area contributed by atoms with Gasteiger partial charge in [-0.05, 0) is 17.6 Å². The molecular formula is C7H5N3OS. The van der Waals surface area contributed by atoms with Gasteiger partial charge in [0.2, 0.25) is 0 Å². The van der Waals surface area contributed by atoms with E-state index >= 15 is 0 Å². The minimum absolute atomic E-state index is 0.434. The number of aldehydes is 1. The van der Waals surface area contributed by atoms with Crippen molar-refractivity contribution in [3.05, 3.63) is 30.5 Å². The Balaban J connectivity index is 2.41. The van der Waals surface area contributed by atoms with E-state index < -0.39 is 0 Å². The van der Waals surface area contributed by atoms with E-state index in [4.69, 9.17) is 0 Å². The number of imidazole rings is 1. The van der Waals surface area contributed by atoms with Crippen LogP contribution in [0.2, 0.25) is 0 Å². The van der Waals surface area contributed by atoms with Gasteiger partial charge in [-0.25, -0.2) is 4.98 Å². The standard InChI is InChI=1S/C7H5N3OS/c11-4-6-3-10(5-8-6)7-1-2-9-12-7/h1-5H. The zero-order valence-electron chi connectivity index (χ0n) is 6.04. The van der Waals surface area contributed by atoms with Crippen molar-refractivity contribution in [2.75, 3.05) is 0 Å². The number of nitrogens with zero attached hydrogens (tertiary/aromatic N) is 3. The first-order valence-corrected chi connectivity index (χ1v) is 4.08. The molecule has 0 spiro atoms. The maximum Gasteiger partial charge on any atom is 0.170 e. The van der Waals surface area contributed by atoms with E-state index in [1.807, 2.05) is 6.07 Å². The van der Waals surface area contributed by atoms with Crippen LogP contribution in [0.15, 0.2) is 24.8 Å². The lowest BCUT2D eigenvalue weighted by atomic mass is 10.5. The Hall–Kier alpha value is -1.49. The highest BCUT2D eigenvalue weighted by atomic mass is 32.1. The summed E-state index contributed by atoms with van der Waals surface area (Å²) in [6.07, 6.45) is 5.69. The Labute approximate surface area is 72.7 Å². The molecule has 0 aromatic carbocycles. The SMILES string of the molecule is O=Cc1cn(-c2ccns2)cn1. The van der Waals surface area contributed by atoms with Gasteiger partial charge in [-0.3, -0.25) is 9.36 Å². The summed E-state index contributed by atoms with van der Waals surface area (Å²) in [7, 11) is 0. The lowest BCUT2D eigenvalue weighted by molar-refractivity contribution is 0.111. The van der Waals surface area contributed by atoms with Gasteiger partial charge < -0.3 is 0 Å². The molecular weight excluding hydrogens is 174 g/mol. The fourth-order valence-electron chi connectivity index (χ4n) is 0.862. The number of carbonyl (C=O) groups is 1. The molecule has 5 heteroatoms. The molecule has 2 aromatic rings. The van der Waals surface area contributed by atoms with Crippen LogP contribution < -0.4 is 0 Å². The lowest BCUT2D eigenvalue weighted by Gasteiger charge is -1.91. The number of hydrogen-bond donors (Lipinski definition) is 0. The largest absolute Gasteiger partial charge is 0.296 e. The molecule has 60 valence electrons. The normalized spacial score (nSPS) is 10.0. The van der Waals surface area contributed by atoms with Crippen molar-refractivity contribution in [1.29, 1.82) is 0 Å². The van der Waals surface area contributed by atoms with E-state index in [9.17, 15) is 4.79 Å². The molecule has 0 atom stereocenters. The number of carbonyl (C=O) groups excluding carboxylic acids is 1. The maximum absolute atomic E-state index is 10.3. The van der Waals surface area contributed by atoms with Gasteiger partial charge in [0.25, 0.3) is 0 Å². The van der Waals surface area contributed by atoms with Crippen molar-refractivity contribution < 1.29 is 4.79 Å². The van der Waals surface area contributed by atoms with Gasteiger partial charge in [0, 0.05) is 12.4 Å². The number of rotatable bonds is 2. The molecule has 0 aliphatic heterocycles. The van der Waals surface area contributed by atoms with E-state index in [0.717, 1.165) is 11.3 Å². The van der Waals surface area contributed by atoms with Crippen LogP contribution in [0.3, 0.4) is 0 Å². The first kappa shape index (κ1) is 7.17. The van der Waals surface area contributed by atoms with Crippen LogP contribution in [0, 0.1) is 0 Å². The zero-order valence-corrected chi connectivity index (χ0v) is 6.86. The third kappa shape index (κ3) is 1.14. The molecule has 0 fully saturated rings. The number of aromatic nitrogens is 3. The second-order valence-electron chi connectivity index (χ2n) is 2.17. The highest BCUT2D eigenvalue weighted by molar-refractivity contribution is 7.08. The van der Waals surface area contributed by atoms with Gasteiger partial charge in [-0.2, -0.15) is 4.37 Å². The second-order valence-corrected chi connectivity index (χ2v) is 2.99. The van der Waals surface area contributed by atoms with E-state index in [1.165, 1.54) is 11.5 Å². The molecule has 0 unspecified atom stereocenters. The summed E-state index contributed by atoms with van der Waals surface area (Å²) in [4.78, 5) is 14.2. The topological polar surface area (TPSA) is 47.8 Å². The van der Waals surface area contributed by atoms with Crippen molar-refractivity contribution >= 4 is 17.8 Å². The molecule has 2 heterocycles. The van der Waals surface area contributed by atoms with Gasteiger partial charge in [0.15, 0.2) is 6.29 Å². The Bertz CT molecular complexity index is 379. The van der Waals surface area contributed by atoms with E-state index in [1.54, 1.807) is 23.3 Å². The zero-order chi connectivity index (χ0) is 8.39. The Morgan fingerprint density at radius 1 is 1.58 bits per heavy atom. The third-order valence-corrected chi connectivity index (χ3v) is 2.16. The summed E-state index contributed by atoms with van der Waals surface area (Å²) in [5, 5.41) is 0.954. The molecule has 0 aliphatic carbocycles. The van der Waals surface area contributed by atoms with Gasteiger partial charge in [0.05, 0.1) is 0 Å². The van der Waals surface area contributed by atoms with Crippen LogP contribution in [0.4, 0.5) is 0 Å². The predicted molar refractivity (Wildman–Crippen MR) is 44.6 cm³/mol. The molecule has 4 nitrogen and oxygen atoms in total. The highest BCUT2D eigenvalue weighted by Gasteiger charge is 1.99. The van der Waals surface area contributed by atoms with Gasteiger partial charge in [0.1, 0.15) is 17.0 Å². The van der Waals surface area contributed by atoms with Gasteiger partial charge in [-0.1, -0.05) is 0 Å². The summed E-state index contributed by atoms with van der Waals surface area (Å²) in [6, 6.07) is 1.86. The van der Waals surface area contributed by atoms with Crippen LogP contribution in [-0.2, 0) is 0 Å². The highest BCUT2D eigenvalue weighted by Crippen LogP contribution is 2.11. The van der Waals surface area contributed by atoms with Crippen LogP contribution in [0.1, 0.15) is 10.5 Å². The molecule has 0 saturated carbocycles. The summed E-state index contributed by atoms with van der Waals surface area (Å²) >= 11 is 1.36. The van der Waals surface area contributed by atoms with Crippen molar-refractivity contribution in [2.45, 2.75) is 0 Å². The smallest absolute Gasteiger partial charge is 0.170 e. The molecule has 0 N–H and O–H groups in total. The van der Waals surface area contributed by atoms with Crippen LogP contribution in [0.5, 0.6) is 0 Å². The Morgan fingerprint density at radius 3 is 3.08 bits per heavy atom. The minimum atomic E-state index is 0.434. The van der Waals surface area contributed by atoms with Gasteiger partial charge in [-0.15, -0.1) is 0 Å². The van der Waals surface area contributed by atoms with E-state index in [-0.39, 0.29) is 0 Å². The molecule has 0 aliphatic rings. The summed E-state index contributed by atoms with van der Waals surface area (Å²) in [5.41, 5.74) is 0.434. The van der Waals surface area contributed by atoms with E-state index in [2.05, 4.69) is 9.36 Å². The summed E-state index contributed by atoms with van der Waals surface area (Å²) < 4.78 is 5.70. The second kappa shape index (κ2) is 2.86. The number of hydrogen-bond acceptors (Lipinski definition) is 4. The fraction of sp³-hybridized carbons (Fsp3) is 0. The molecule has 2 aromatic heterocycles. The third-order valence-electron chi connectivity index (χ3n) is 1.40. The first-order chi connectivity index (χ1) is 5.90. The first-order valence-electron chi connectivity index (χ1n) is 3.30. The van der Waals surface area contributed by atoms with Crippen LogP contribution in [0.25, 0.3) is 5.00 Å². The average molecular weight is 179 g/mol. The molecule has 0 bridgehead atoms. The van der Waals surface area contributed by atoms with Crippen molar-refractivity contribution in [1.82, 2.24) is 13.9 Å². The Kier molecular flexibility index (Phi) is 1.71. The van der Waals surface area contributed by atoms with Crippen LogP contribution in [-0.4, -0.2) is 20.2 Å². The summed E-state index contributed by atoms with van der Waals surface area (Å²) in [6.45, 7) is 0. The van der Waals surface area contributed by atoms with Crippen molar-refractivity contribution in [2.24, 2.45) is 0 Å². The van der Waals surface area contributed by atoms with Crippen LogP contribution >= 0.6 is 11.5 Å². The monoisotopic (exact) mass is 179 g/mol. The minimum Gasteiger partial charge on any atom is -0.296 e. The fourth-order valence-corrected chi connectivity index (χ4v) is 1.41.